The van der Waals surface area contributed by atoms with Crippen molar-refractivity contribution in [3.8, 4) is 0 Å². The van der Waals surface area contributed by atoms with E-state index in [4.69, 9.17) is 4.74 Å². The summed E-state index contributed by atoms with van der Waals surface area (Å²) >= 11 is 0. The average Bonchev–Trinajstić information content (AvgIpc) is 3.09. The molecule has 3 aromatic rings. The van der Waals surface area contributed by atoms with Gasteiger partial charge in [0.15, 0.2) is 0 Å². The van der Waals surface area contributed by atoms with E-state index in [9.17, 15) is 4.79 Å². The van der Waals surface area contributed by atoms with Crippen LogP contribution < -0.4 is 0 Å². The van der Waals surface area contributed by atoms with Crippen molar-refractivity contribution in [1.29, 1.82) is 0 Å². The predicted molar refractivity (Wildman–Crippen MR) is 93.5 cm³/mol. The second-order valence-corrected chi connectivity index (χ2v) is 5.32. The Morgan fingerprint density at radius 1 is 1.04 bits per heavy atom. The zero-order valence-corrected chi connectivity index (χ0v) is 13.2. The maximum Gasteiger partial charge on any atom is 0.341 e. The first-order valence-electron chi connectivity index (χ1n) is 7.76. The van der Waals surface area contributed by atoms with E-state index in [1.54, 1.807) is 10.9 Å². The second-order valence-electron chi connectivity index (χ2n) is 5.32. The first-order chi connectivity index (χ1) is 11.8. The molecule has 0 N–H and O–H groups in total. The van der Waals surface area contributed by atoms with E-state index in [1.165, 1.54) is 6.20 Å². The van der Waals surface area contributed by atoms with Crippen molar-refractivity contribution < 1.29 is 9.53 Å². The first kappa shape index (κ1) is 15.7. The Hall–Kier alpha value is -3.14. The van der Waals surface area contributed by atoms with Crippen molar-refractivity contribution in [2.75, 3.05) is 6.61 Å². The van der Waals surface area contributed by atoms with Crippen LogP contribution in [0.15, 0.2) is 79.1 Å². The standard InChI is InChI=1S/C20H18N2O2/c23-20(24-13-7-12-17-8-3-1-4-9-17)19-14-21-22(16-19)15-18-10-5-2-6-11-18/h1-12,14,16H,13,15H2/b12-7+. The molecule has 4 nitrogen and oxygen atoms in total. The highest BCUT2D eigenvalue weighted by Gasteiger charge is 2.09. The van der Waals surface area contributed by atoms with Crippen LogP contribution in [0.4, 0.5) is 0 Å². The predicted octanol–water partition coefficient (Wildman–Crippen LogP) is 3.80. The highest BCUT2D eigenvalue weighted by molar-refractivity contribution is 5.88. The Labute approximate surface area is 141 Å². The molecule has 4 heteroatoms. The monoisotopic (exact) mass is 318 g/mol. The van der Waals surface area contributed by atoms with Gasteiger partial charge in [-0.3, -0.25) is 4.68 Å². The summed E-state index contributed by atoms with van der Waals surface area (Å²) < 4.78 is 6.96. The molecule has 0 radical (unpaired) electrons. The molecule has 3 rings (SSSR count). The van der Waals surface area contributed by atoms with E-state index in [0.717, 1.165) is 11.1 Å². The average molecular weight is 318 g/mol. The normalized spacial score (nSPS) is 10.8. The SMILES string of the molecule is O=C(OC/C=C/c1ccccc1)c1cnn(Cc2ccccc2)c1. The summed E-state index contributed by atoms with van der Waals surface area (Å²) in [5.74, 6) is -0.368. The molecule has 0 unspecified atom stereocenters. The third kappa shape index (κ3) is 4.43. The molecule has 1 heterocycles. The van der Waals surface area contributed by atoms with Crippen molar-refractivity contribution >= 4 is 12.0 Å². The quantitative estimate of drug-likeness (QED) is 0.649. The van der Waals surface area contributed by atoms with Crippen molar-refractivity contribution in [2.45, 2.75) is 6.54 Å². The molecule has 0 atom stereocenters. The molecule has 1 aromatic heterocycles. The van der Waals surface area contributed by atoms with Gasteiger partial charge in [0.05, 0.1) is 18.3 Å². The number of carbonyl (C=O) groups excluding carboxylic acids is 1. The van der Waals surface area contributed by atoms with Crippen LogP contribution in [0.1, 0.15) is 21.5 Å². The summed E-state index contributed by atoms with van der Waals surface area (Å²) in [6, 6.07) is 19.8. The summed E-state index contributed by atoms with van der Waals surface area (Å²) in [7, 11) is 0. The van der Waals surface area contributed by atoms with Gasteiger partial charge in [0.25, 0.3) is 0 Å². The van der Waals surface area contributed by atoms with Crippen LogP contribution in [0.5, 0.6) is 0 Å². The maximum atomic E-state index is 12.0. The number of esters is 1. The lowest BCUT2D eigenvalue weighted by Crippen LogP contribution is -2.04. The van der Waals surface area contributed by atoms with Crippen LogP contribution in [-0.2, 0) is 11.3 Å². The first-order valence-corrected chi connectivity index (χ1v) is 7.76. The molecular formula is C20H18N2O2. The van der Waals surface area contributed by atoms with Crippen molar-refractivity contribution in [3.63, 3.8) is 0 Å². The molecule has 0 bridgehead atoms. The molecular weight excluding hydrogens is 300 g/mol. The molecule has 0 fully saturated rings. The number of rotatable bonds is 6. The third-order valence-corrected chi connectivity index (χ3v) is 3.48. The topological polar surface area (TPSA) is 44.1 Å². The fourth-order valence-electron chi connectivity index (χ4n) is 2.28. The lowest BCUT2D eigenvalue weighted by Gasteiger charge is -2.01. The van der Waals surface area contributed by atoms with Gasteiger partial charge < -0.3 is 4.74 Å². The van der Waals surface area contributed by atoms with Gasteiger partial charge in [0.1, 0.15) is 6.61 Å². The molecule has 2 aromatic carbocycles. The maximum absolute atomic E-state index is 12.0. The molecule has 0 spiro atoms. The van der Waals surface area contributed by atoms with Crippen molar-refractivity contribution in [1.82, 2.24) is 9.78 Å². The van der Waals surface area contributed by atoms with E-state index < -0.39 is 0 Å². The minimum absolute atomic E-state index is 0.234. The van der Waals surface area contributed by atoms with Gasteiger partial charge in [-0.15, -0.1) is 0 Å². The number of ether oxygens (including phenoxy) is 1. The van der Waals surface area contributed by atoms with Crippen LogP contribution in [0.2, 0.25) is 0 Å². The molecule has 120 valence electrons. The number of aromatic nitrogens is 2. The Bertz CT molecular complexity index is 808. The summed E-state index contributed by atoms with van der Waals surface area (Å²) in [5.41, 5.74) is 2.66. The van der Waals surface area contributed by atoms with Crippen LogP contribution >= 0.6 is 0 Å². The number of nitrogens with zero attached hydrogens (tertiary/aromatic N) is 2. The van der Waals surface area contributed by atoms with E-state index in [0.29, 0.717) is 12.1 Å². The van der Waals surface area contributed by atoms with Crippen LogP contribution in [0.25, 0.3) is 6.08 Å². The van der Waals surface area contributed by atoms with Crippen molar-refractivity contribution in [3.05, 3.63) is 95.8 Å². The molecule has 0 saturated carbocycles. The largest absolute Gasteiger partial charge is 0.458 e. The third-order valence-electron chi connectivity index (χ3n) is 3.48. The molecule has 0 amide bonds. The highest BCUT2D eigenvalue weighted by atomic mass is 16.5. The Balaban J connectivity index is 1.51. The number of hydrogen-bond acceptors (Lipinski definition) is 3. The fraction of sp³-hybridized carbons (Fsp3) is 0.100. The number of hydrogen-bond donors (Lipinski definition) is 0. The molecule has 24 heavy (non-hydrogen) atoms. The summed E-state index contributed by atoms with van der Waals surface area (Å²) in [4.78, 5) is 12.0. The Morgan fingerprint density at radius 3 is 2.50 bits per heavy atom. The van der Waals surface area contributed by atoms with Gasteiger partial charge in [-0.05, 0) is 17.2 Å². The van der Waals surface area contributed by atoms with Crippen LogP contribution in [0.3, 0.4) is 0 Å². The van der Waals surface area contributed by atoms with Gasteiger partial charge in [0, 0.05) is 6.20 Å². The summed E-state index contributed by atoms with van der Waals surface area (Å²) in [6.45, 7) is 0.861. The fourth-order valence-corrected chi connectivity index (χ4v) is 2.28. The van der Waals surface area contributed by atoms with Gasteiger partial charge in [0.2, 0.25) is 0 Å². The molecule has 0 aliphatic rings. The highest BCUT2D eigenvalue weighted by Crippen LogP contribution is 2.06. The minimum Gasteiger partial charge on any atom is -0.458 e. The van der Waals surface area contributed by atoms with Crippen LogP contribution in [0, 0.1) is 0 Å². The van der Waals surface area contributed by atoms with Gasteiger partial charge in [-0.25, -0.2) is 4.79 Å². The zero-order valence-electron chi connectivity index (χ0n) is 13.2. The van der Waals surface area contributed by atoms with Crippen LogP contribution in [-0.4, -0.2) is 22.4 Å². The Kier molecular flexibility index (Phi) is 5.20. The number of carbonyl (C=O) groups is 1. The summed E-state index contributed by atoms with van der Waals surface area (Å²) in [6.07, 6.45) is 6.98. The van der Waals surface area contributed by atoms with Gasteiger partial charge >= 0.3 is 5.97 Å². The lowest BCUT2D eigenvalue weighted by molar-refractivity contribution is 0.0550. The van der Waals surface area contributed by atoms with Gasteiger partial charge in [-0.1, -0.05) is 66.7 Å². The second kappa shape index (κ2) is 7.92. The van der Waals surface area contributed by atoms with E-state index >= 15 is 0 Å². The molecule has 0 aliphatic heterocycles. The van der Waals surface area contributed by atoms with Gasteiger partial charge in [-0.2, -0.15) is 5.10 Å². The van der Waals surface area contributed by atoms with E-state index in [1.807, 2.05) is 72.8 Å². The minimum atomic E-state index is -0.368. The smallest absolute Gasteiger partial charge is 0.341 e. The van der Waals surface area contributed by atoms with E-state index in [2.05, 4.69) is 5.10 Å². The zero-order chi connectivity index (χ0) is 16.6. The molecule has 0 saturated heterocycles. The number of benzene rings is 2. The van der Waals surface area contributed by atoms with Crippen molar-refractivity contribution in [2.24, 2.45) is 0 Å². The molecule has 0 aliphatic carbocycles. The van der Waals surface area contributed by atoms with E-state index in [-0.39, 0.29) is 12.6 Å². The summed E-state index contributed by atoms with van der Waals surface area (Å²) in [5, 5.41) is 4.21. The Morgan fingerprint density at radius 2 is 1.75 bits per heavy atom. The lowest BCUT2D eigenvalue weighted by atomic mass is 10.2.